The maximum absolute atomic E-state index is 11.5. The number of carboxylic acid groups (broad SMARTS) is 1. The lowest BCUT2D eigenvalue weighted by Gasteiger charge is -2.07. The number of rotatable bonds is 4. The Balaban J connectivity index is 3.41. The zero-order chi connectivity index (χ0) is 17.0. The van der Waals surface area contributed by atoms with Gasteiger partial charge in [0.2, 0.25) is 0 Å². The van der Waals surface area contributed by atoms with E-state index in [2.05, 4.69) is 9.73 Å². The molecule has 0 aromatic heterocycles. The lowest BCUT2D eigenvalue weighted by atomic mass is 10.2. The van der Waals surface area contributed by atoms with E-state index >= 15 is 0 Å². The minimum atomic E-state index is -1.38. The van der Waals surface area contributed by atoms with E-state index in [1.54, 1.807) is 0 Å². The van der Waals surface area contributed by atoms with Crippen LogP contribution in [0.1, 0.15) is 17.3 Å². The lowest BCUT2D eigenvalue weighted by Crippen LogP contribution is -2.08. The first-order valence-corrected chi connectivity index (χ1v) is 6.77. The van der Waals surface area contributed by atoms with Gasteiger partial charge in [-0.05, 0) is 13.0 Å². The van der Waals surface area contributed by atoms with Crippen LogP contribution in [0.4, 0.5) is 5.69 Å². The molecule has 0 unspecified atom stereocenters. The largest absolute Gasteiger partial charge is 0.512 e. The number of aliphatic hydroxyl groups excluding tert-OH is 1. The minimum Gasteiger partial charge on any atom is -0.512 e. The van der Waals surface area contributed by atoms with Crippen LogP contribution in [0.3, 0.4) is 0 Å². The van der Waals surface area contributed by atoms with Crippen LogP contribution in [0.5, 0.6) is 0 Å². The Morgan fingerprint density at radius 2 is 1.82 bits per heavy atom. The average molecular weight is 367 g/mol. The molecule has 118 valence electrons. The van der Waals surface area contributed by atoms with Crippen LogP contribution in [-0.4, -0.2) is 35.5 Å². The molecule has 0 saturated carbocycles. The van der Waals surface area contributed by atoms with Gasteiger partial charge in [0.05, 0.1) is 27.9 Å². The first-order chi connectivity index (χ1) is 10.2. The van der Waals surface area contributed by atoms with Crippen molar-refractivity contribution >= 4 is 58.6 Å². The summed E-state index contributed by atoms with van der Waals surface area (Å²) in [5.74, 6) is -2.53. The lowest BCUT2D eigenvalue weighted by molar-refractivity contribution is -0.135. The second-order valence-electron chi connectivity index (χ2n) is 3.93. The van der Waals surface area contributed by atoms with E-state index in [-0.39, 0.29) is 32.1 Å². The van der Waals surface area contributed by atoms with Crippen LogP contribution in [0, 0.1) is 0 Å². The van der Waals surface area contributed by atoms with Crippen molar-refractivity contribution in [3.63, 3.8) is 0 Å². The van der Waals surface area contributed by atoms with Crippen LogP contribution < -0.4 is 0 Å². The number of halogens is 3. The average Bonchev–Trinajstić information content (AvgIpc) is 2.43. The van der Waals surface area contributed by atoms with Crippen molar-refractivity contribution in [2.75, 3.05) is 7.11 Å². The van der Waals surface area contributed by atoms with Gasteiger partial charge in [-0.3, -0.25) is 4.99 Å². The van der Waals surface area contributed by atoms with Gasteiger partial charge in [0.1, 0.15) is 16.9 Å². The van der Waals surface area contributed by atoms with Crippen molar-refractivity contribution in [1.29, 1.82) is 0 Å². The number of nitrogens with zero attached hydrogens (tertiary/aromatic N) is 1. The number of methoxy groups -OCH3 is 1. The van der Waals surface area contributed by atoms with E-state index in [1.807, 2.05) is 0 Å². The van der Waals surface area contributed by atoms with Crippen molar-refractivity contribution in [2.24, 2.45) is 4.99 Å². The van der Waals surface area contributed by atoms with Crippen molar-refractivity contribution in [2.45, 2.75) is 6.92 Å². The minimum absolute atomic E-state index is 0.0314. The molecule has 0 radical (unpaired) electrons. The highest BCUT2D eigenvalue weighted by Crippen LogP contribution is 2.38. The predicted molar refractivity (Wildman–Crippen MR) is 83.9 cm³/mol. The van der Waals surface area contributed by atoms with E-state index in [0.717, 1.165) is 13.3 Å². The van der Waals surface area contributed by atoms with E-state index in [0.29, 0.717) is 0 Å². The summed E-state index contributed by atoms with van der Waals surface area (Å²) in [6, 6.07) is 1.23. The maximum Gasteiger partial charge on any atom is 0.342 e. The molecular formula is C13H10Cl3NO5. The van der Waals surface area contributed by atoms with E-state index in [1.165, 1.54) is 13.0 Å². The number of allylic oxidation sites excluding steroid dienone is 1. The molecule has 0 amide bonds. The Labute approximate surface area is 140 Å². The number of aliphatic imine (C=N–C) groups is 1. The Kier molecular flexibility index (Phi) is 6.22. The Bertz CT molecular complexity index is 693. The molecular weight excluding hydrogens is 357 g/mol. The van der Waals surface area contributed by atoms with Gasteiger partial charge in [-0.2, -0.15) is 0 Å². The van der Waals surface area contributed by atoms with Gasteiger partial charge in [0.25, 0.3) is 0 Å². The SMILES string of the molecule is COC(=O)C(C=Nc1cc(Cl)c(Cl)c(C(=O)O)c1Cl)=C(C)O. The molecule has 0 aliphatic rings. The fourth-order valence-corrected chi connectivity index (χ4v) is 2.16. The number of ether oxygens (including phenoxy) is 1. The molecule has 0 atom stereocenters. The normalized spacial score (nSPS) is 12.2. The van der Waals surface area contributed by atoms with Gasteiger partial charge in [0, 0.05) is 6.21 Å². The van der Waals surface area contributed by atoms with Gasteiger partial charge in [-0.15, -0.1) is 0 Å². The van der Waals surface area contributed by atoms with Gasteiger partial charge in [-0.1, -0.05) is 34.8 Å². The Hall–Kier alpha value is -1.76. The van der Waals surface area contributed by atoms with Crippen molar-refractivity contribution in [3.05, 3.63) is 38.0 Å². The van der Waals surface area contributed by atoms with Gasteiger partial charge >= 0.3 is 11.9 Å². The second-order valence-corrected chi connectivity index (χ2v) is 5.10. The summed E-state index contributed by atoms with van der Waals surface area (Å²) >= 11 is 17.5. The first-order valence-electron chi connectivity index (χ1n) is 5.63. The molecule has 0 bridgehead atoms. The van der Waals surface area contributed by atoms with E-state index < -0.39 is 17.5 Å². The van der Waals surface area contributed by atoms with Crippen molar-refractivity contribution in [1.82, 2.24) is 0 Å². The molecule has 2 N–H and O–H groups in total. The molecule has 0 heterocycles. The number of carboxylic acids is 1. The molecule has 6 nitrogen and oxygen atoms in total. The Morgan fingerprint density at radius 3 is 2.27 bits per heavy atom. The third-order valence-electron chi connectivity index (χ3n) is 2.48. The maximum atomic E-state index is 11.5. The third kappa shape index (κ3) is 3.91. The zero-order valence-corrected chi connectivity index (χ0v) is 13.6. The Morgan fingerprint density at radius 1 is 1.23 bits per heavy atom. The standard InChI is InChI=1S/C13H10Cl3NO5/c1-5(18)6(13(21)22-2)4-17-8-3-7(14)10(15)9(11(8)16)12(19)20/h3-4,18H,1-2H3,(H,19,20). The van der Waals surface area contributed by atoms with Crippen molar-refractivity contribution < 1.29 is 24.5 Å². The molecule has 0 aliphatic heterocycles. The third-order valence-corrected chi connectivity index (χ3v) is 3.65. The molecule has 0 spiro atoms. The van der Waals surface area contributed by atoms with Crippen LogP contribution >= 0.6 is 34.8 Å². The van der Waals surface area contributed by atoms with Gasteiger partial charge in [-0.25, -0.2) is 9.59 Å². The summed E-state index contributed by atoms with van der Waals surface area (Å²) in [5, 5.41) is 18.0. The van der Waals surface area contributed by atoms with Crippen LogP contribution in [0.15, 0.2) is 22.4 Å². The van der Waals surface area contributed by atoms with Gasteiger partial charge in [0.15, 0.2) is 0 Å². The van der Waals surface area contributed by atoms with Crippen LogP contribution in [-0.2, 0) is 9.53 Å². The van der Waals surface area contributed by atoms with Gasteiger partial charge < -0.3 is 14.9 Å². The highest BCUT2D eigenvalue weighted by atomic mass is 35.5. The first kappa shape index (κ1) is 18.3. The highest BCUT2D eigenvalue weighted by molar-refractivity contribution is 6.47. The number of carbonyl (C=O) groups is 2. The molecule has 0 fully saturated rings. The monoisotopic (exact) mass is 365 g/mol. The number of benzene rings is 1. The molecule has 22 heavy (non-hydrogen) atoms. The molecule has 0 aliphatic carbocycles. The molecule has 1 aromatic carbocycles. The van der Waals surface area contributed by atoms with Crippen LogP contribution in [0.25, 0.3) is 0 Å². The quantitative estimate of drug-likeness (QED) is 0.275. The second kappa shape index (κ2) is 7.49. The fourth-order valence-electron chi connectivity index (χ4n) is 1.41. The summed E-state index contributed by atoms with van der Waals surface area (Å²) in [6.45, 7) is 1.26. The molecule has 9 heteroatoms. The molecule has 1 aromatic rings. The number of aliphatic hydroxyl groups is 1. The van der Waals surface area contributed by atoms with E-state index in [9.17, 15) is 14.7 Å². The smallest absolute Gasteiger partial charge is 0.342 e. The number of aromatic carboxylic acids is 1. The zero-order valence-electron chi connectivity index (χ0n) is 11.4. The summed E-state index contributed by atoms with van der Waals surface area (Å²) in [4.78, 5) is 26.5. The highest BCUT2D eigenvalue weighted by Gasteiger charge is 2.20. The number of carbonyl (C=O) groups excluding carboxylic acids is 1. The summed E-state index contributed by atoms with van der Waals surface area (Å²) in [6.07, 6.45) is 0.984. The number of hydrogen-bond acceptors (Lipinski definition) is 5. The number of esters is 1. The topological polar surface area (TPSA) is 96.2 Å². The van der Waals surface area contributed by atoms with Crippen LogP contribution in [0.2, 0.25) is 15.1 Å². The number of hydrogen-bond donors (Lipinski definition) is 2. The summed E-state index contributed by atoms with van der Waals surface area (Å²) in [7, 11) is 1.13. The summed E-state index contributed by atoms with van der Waals surface area (Å²) < 4.78 is 4.47. The molecule has 0 saturated heterocycles. The predicted octanol–water partition coefficient (Wildman–Crippen LogP) is 4.05. The van der Waals surface area contributed by atoms with Crippen molar-refractivity contribution in [3.8, 4) is 0 Å². The molecule has 1 rings (SSSR count). The fraction of sp³-hybridized carbons (Fsp3) is 0.154. The van der Waals surface area contributed by atoms with E-state index in [4.69, 9.17) is 39.9 Å². The summed E-state index contributed by atoms with van der Waals surface area (Å²) in [5.41, 5.74) is -0.662.